The maximum absolute atomic E-state index is 13.1. The summed E-state index contributed by atoms with van der Waals surface area (Å²) < 4.78 is 31.4. The Hall–Kier alpha value is -3.07. The number of benzene rings is 2. The maximum Gasteiger partial charge on any atom is 0.242 e. The number of hydrogen-bond acceptors (Lipinski definition) is 5. The highest BCUT2D eigenvalue weighted by atomic mass is 32.2. The lowest BCUT2D eigenvalue weighted by Crippen LogP contribution is -2.46. The lowest BCUT2D eigenvalue weighted by molar-refractivity contribution is -0.140. The van der Waals surface area contributed by atoms with Crippen LogP contribution in [0.3, 0.4) is 0 Å². The number of carbonyl (C=O) groups is 2. The second-order valence-corrected chi connectivity index (χ2v) is 9.81. The highest BCUT2D eigenvalue weighted by molar-refractivity contribution is 7.92. The van der Waals surface area contributed by atoms with Crippen molar-refractivity contribution in [2.24, 2.45) is 0 Å². The van der Waals surface area contributed by atoms with Crippen LogP contribution < -0.4 is 14.4 Å². The third-order valence-corrected chi connectivity index (χ3v) is 6.57. The van der Waals surface area contributed by atoms with Crippen LogP contribution in [0.15, 0.2) is 48.5 Å². The average molecular weight is 476 g/mol. The number of nitrogens with zero attached hydrogens (tertiary/aromatic N) is 2. The van der Waals surface area contributed by atoms with Gasteiger partial charge in [0.2, 0.25) is 21.8 Å². The molecule has 0 aliphatic heterocycles. The number of hydrogen-bond donors (Lipinski definition) is 1. The van der Waals surface area contributed by atoms with Crippen molar-refractivity contribution in [1.82, 2.24) is 10.2 Å². The van der Waals surface area contributed by atoms with Gasteiger partial charge in [-0.15, -0.1) is 0 Å². The van der Waals surface area contributed by atoms with Gasteiger partial charge < -0.3 is 15.0 Å². The van der Waals surface area contributed by atoms with E-state index < -0.39 is 16.1 Å². The van der Waals surface area contributed by atoms with E-state index in [4.69, 9.17) is 4.74 Å². The van der Waals surface area contributed by atoms with Gasteiger partial charge in [-0.05, 0) is 38.0 Å². The fraction of sp³-hybridized carbons (Fsp3) is 0.417. The van der Waals surface area contributed by atoms with Gasteiger partial charge in [-0.25, -0.2) is 8.42 Å². The van der Waals surface area contributed by atoms with Crippen LogP contribution in [0.25, 0.3) is 0 Å². The summed E-state index contributed by atoms with van der Waals surface area (Å²) in [5, 5.41) is 2.59. The lowest BCUT2D eigenvalue weighted by atomic mass is 10.1. The van der Waals surface area contributed by atoms with Crippen LogP contribution in [-0.4, -0.2) is 58.1 Å². The van der Waals surface area contributed by atoms with Crippen LogP contribution in [0, 0.1) is 6.92 Å². The van der Waals surface area contributed by atoms with Gasteiger partial charge in [-0.1, -0.05) is 42.0 Å². The zero-order valence-corrected chi connectivity index (χ0v) is 20.7. The van der Waals surface area contributed by atoms with Gasteiger partial charge in [0.05, 0.1) is 19.1 Å². The molecule has 0 saturated carbocycles. The number of aryl methyl sites for hydroxylation is 1. The Bertz CT molecular complexity index is 1050. The molecule has 0 heterocycles. The molecular weight excluding hydrogens is 442 g/mol. The Morgan fingerprint density at radius 3 is 2.30 bits per heavy atom. The summed E-state index contributed by atoms with van der Waals surface area (Å²) >= 11 is 0. The molecule has 9 heteroatoms. The van der Waals surface area contributed by atoms with E-state index in [1.807, 2.05) is 31.2 Å². The van der Waals surface area contributed by atoms with Gasteiger partial charge >= 0.3 is 0 Å². The van der Waals surface area contributed by atoms with Crippen molar-refractivity contribution in [2.75, 3.05) is 31.3 Å². The van der Waals surface area contributed by atoms with Gasteiger partial charge in [0.1, 0.15) is 11.8 Å². The number of rotatable bonds is 11. The minimum Gasteiger partial charge on any atom is -0.495 e. The molecule has 0 aromatic heterocycles. The second-order valence-electron chi connectivity index (χ2n) is 7.91. The molecule has 2 aromatic carbocycles. The first kappa shape index (κ1) is 26.2. The summed E-state index contributed by atoms with van der Waals surface area (Å²) in [4.78, 5) is 26.9. The fourth-order valence-corrected chi connectivity index (χ4v) is 4.47. The summed E-state index contributed by atoms with van der Waals surface area (Å²) in [5.41, 5.74) is 2.44. The van der Waals surface area contributed by atoms with Gasteiger partial charge in [-0.3, -0.25) is 13.9 Å². The second kappa shape index (κ2) is 11.7. The molecule has 33 heavy (non-hydrogen) atoms. The molecule has 2 aromatic rings. The van der Waals surface area contributed by atoms with Crippen LogP contribution in [-0.2, 0) is 26.2 Å². The summed E-state index contributed by atoms with van der Waals surface area (Å²) in [6, 6.07) is 14.0. The minimum absolute atomic E-state index is 0.0916. The number of nitrogens with one attached hydrogen (secondary N) is 1. The summed E-state index contributed by atoms with van der Waals surface area (Å²) in [7, 11) is -0.580. The number of sulfonamides is 1. The number of para-hydroxylation sites is 2. The summed E-state index contributed by atoms with van der Waals surface area (Å²) in [6.45, 7) is 4.06. The highest BCUT2D eigenvalue weighted by Gasteiger charge is 2.26. The van der Waals surface area contributed by atoms with E-state index in [1.54, 1.807) is 31.2 Å². The Morgan fingerprint density at radius 2 is 1.73 bits per heavy atom. The normalized spacial score (nSPS) is 12.0. The molecule has 0 aliphatic carbocycles. The molecule has 8 nitrogen and oxygen atoms in total. The van der Waals surface area contributed by atoms with E-state index in [0.717, 1.165) is 17.4 Å². The molecule has 180 valence electrons. The molecule has 0 bridgehead atoms. The van der Waals surface area contributed by atoms with E-state index in [9.17, 15) is 18.0 Å². The van der Waals surface area contributed by atoms with Crippen LogP contribution in [0.1, 0.15) is 30.9 Å². The van der Waals surface area contributed by atoms with Crippen molar-refractivity contribution >= 4 is 27.5 Å². The molecule has 1 atom stereocenters. The zero-order chi connectivity index (χ0) is 24.6. The van der Waals surface area contributed by atoms with Gasteiger partial charge in [0.25, 0.3) is 0 Å². The molecule has 0 aliphatic rings. The van der Waals surface area contributed by atoms with E-state index in [1.165, 1.54) is 23.4 Å². The fourth-order valence-electron chi connectivity index (χ4n) is 3.50. The molecule has 2 rings (SSSR count). The molecule has 0 saturated heterocycles. The number of amides is 2. The number of likely N-dealkylation sites (N-methyl/N-ethyl adjacent to an activating group) is 1. The molecule has 0 fully saturated rings. The number of ether oxygens (including phenoxy) is 1. The first-order valence-electron chi connectivity index (χ1n) is 10.8. The molecule has 2 amide bonds. The van der Waals surface area contributed by atoms with Crippen molar-refractivity contribution in [3.63, 3.8) is 0 Å². The van der Waals surface area contributed by atoms with E-state index in [2.05, 4.69) is 5.32 Å². The van der Waals surface area contributed by atoms with Crippen LogP contribution >= 0.6 is 0 Å². The molecule has 1 unspecified atom stereocenters. The third-order valence-electron chi connectivity index (χ3n) is 5.39. The lowest BCUT2D eigenvalue weighted by Gasteiger charge is -2.29. The van der Waals surface area contributed by atoms with E-state index >= 15 is 0 Å². The van der Waals surface area contributed by atoms with Crippen molar-refractivity contribution in [3.8, 4) is 5.75 Å². The summed E-state index contributed by atoms with van der Waals surface area (Å²) in [6.07, 6.45) is 1.50. The van der Waals surface area contributed by atoms with Crippen molar-refractivity contribution in [3.05, 3.63) is 59.7 Å². The maximum atomic E-state index is 13.1. The number of anilines is 1. The van der Waals surface area contributed by atoms with Crippen molar-refractivity contribution in [1.29, 1.82) is 0 Å². The Labute approximate surface area is 196 Å². The van der Waals surface area contributed by atoms with Gasteiger partial charge in [-0.2, -0.15) is 0 Å². The summed E-state index contributed by atoms with van der Waals surface area (Å²) in [5.74, 6) is -0.0501. The predicted molar refractivity (Wildman–Crippen MR) is 130 cm³/mol. The SMILES string of the molecule is CNC(=O)C(C)N(Cc1ccc(C)cc1)C(=O)CCCN(c1ccccc1OC)S(C)(=O)=O. The highest BCUT2D eigenvalue weighted by Crippen LogP contribution is 2.29. The van der Waals surface area contributed by atoms with Gasteiger partial charge in [0.15, 0.2) is 0 Å². The smallest absolute Gasteiger partial charge is 0.242 e. The van der Waals surface area contributed by atoms with E-state index in [-0.39, 0.29) is 37.7 Å². The Morgan fingerprint density at radius 1 is 1.09 bits per heavy atom. The molecule has 1 N–H and O–H groups in total. The molecule has 0 radical (unpaired) electrons. The van der Waals surface area contributed by atoms with Crippen LogP contribution in [0.4, 0.5) is 5.69 Å². The van der Waals surface area contributed by atoms with Crippen LogP contribution in [0.5, 0.6) is 5.75 Å². The monoisotopic (exact) mass is 475 g/mol. The zero-order valence-electron chi connectivity index (χ0n) is 19.9. The third kappa shape index (κ3) is 7.21. The topological polar surface area (TPSA) is 96.0 Å². The van der Waals surface area contributed by atoms with Gasteiger partial charge in [0, 0.05) is 26.6 Å². The number of carbonyl (C=O) groups excluding carboxylic acids is 2. The Kier molecular flexibility index (Phi) is 9.28. The Balaban J connectivity index is 2.16. The first-order chi connectivity index (χ1) is 15.6. The quantitative estimate of drug-likeness (QED) is 0.539. The van der Waals surface area contributed by atoms with E-state index in [0.29, 0.717) is 11.4 Å². The predicted octanol–water partition coefficient (Wildman–Crippen LogP) is 2.71. The van der Waals surface area contributed by atoms with Crippen molar-refractivity contribution in [2.45, 2.75) is 39.3 Å². The average Bonchev–Trinajstić information content (AvgIpc) is 2.79. The largest absolute Gasteiger partial charge is 0.495 e. The minimum atomic E-state index is -3.59. The molecule has 0 spiro atoms. The molecular formula is C24H33N3O5S. The van der Waals surface area contributed by atoms with Crippen molar-refractivity contribution < 1.29 is 22.7 Å². The standard InChI is InChI=1S/C24H33N3O5S/c1-18-12-14-20(15-13-18)17-26(19(2)24(29)25-3)23(28)11-8-16-27(33(5,30)31)21-9-6-7-10-22(21)32-4/h6-7,9-10,12-15,19H,8,11,16-17H2,1-5H3,(H,25,29). The first-order valence-corrected chi connectivity index (χ1v) is 12.6. The number of methoxy groups -OCH3 is 1. The van der Waals surface area contributed by atoms with Crippen LogP contribution in [0.2, 0.25) is 0 Å².